The zero-order chi connectivity index (χ0) is 16.4. The highest BCUT2D eigenvalue weighted by atomic mass is 35.5. The topological polar surface area (TPSA) is 72.2 Å². The lowest BCUT2D eigenvalue weighted by atomic mass is 10.1. The van der Waals surface area contributed by atoms with E-state index in [-0.39, 0.29) is 15.8 Å². The largest absolute Gasteiger partial charge is 0.337 e. The van der Waals surface area contributed by atoms with Gasteiger partial charge in [-0.15, -0.1) is 0 Å². The third-order valence-corrected chi connectivity index (χ3v) is 5.12. The summed E-state index contributed by atoms with van der Waals surface area (Å²) in [5.74, 6) is 0.0498. The summed E-state index contributed by atoms with van der Waals surface area (Å²) in [4.78, 5) is -0.0204. The van der Waals surface area contributed by atoms with Crippen molar-refractivity contribution in [2.24, 2.45) is 0 Å². The molecule has 0 amide bonds. The van der Waals surface area contributed by atoms with Crippen molar-refractivity contribution in [3.05, 3.63) is 65.3 Å². The van der Waals surface area contributed by atoms with E-state index in [1.807, 2.05) is 31.2 Å². The minimum atomic E-state index is -3.87. The van der Waals surface area contributed by atoms with Crippen molar-refractivity contribution in [1.29, 1.82) is 0 Å². The van der Waals surface area contributed by atoms with Gasteiger partial charge in [0.2, 0.25) is 5.88 Å². The van der Waals surface area contributed by atoms with E-state index < -0.39 is 10.0 Å². The van der Waals surface area contributed by atoms with Crippen molar-refractivity contribution in [2.75, 3.05) is 4.72 Å². The molecular formula is C16H13ClN2O3S. The molecule has 0 fully saturated rings. The lowest BCUT2D eigenvalue weighted by Gasteiger charge is -2.08. The van der Waals surface area contributed by atoms with Crippen LogP contribution in [0.4, 0.5) is 5.88 Å². The first-order chi connectivity index (χ1) is 11.0. The van der Waals surface area contributed by atoms with Crippen molar-refractivity contribution < 1.29 is 12.9 Å². The summed E-state index contributed by atoms with van der Waals surface area (Å²) in [6.45, 7) is 1.97. The summed E-state index contributed by atoms with van der Waals surface area (Å²) >= 11 is 5.96. The number of aromatic nitrogens is 1. The molecule has 0 saturated carbocycles. The summed E-state index contributed by atoms with van der Waals surface area (Å²) in [7, 11) is -3.87. The van der Waals surface area contributed by atoms with E-state index >= 15 is 0 Å². The SMILES string of the molecule is Cc1ccc(-c2cnoc2NS(=O)(=O)c2ccccc2Cl)cc1. The summed E-state index contributed by atoms with van der Waals surface area (Å²) in [6.07, 6.45) is 1.47. The van der Waals surface area contributed by atoms with E-state index in [0.29, 0.717) is 5.56 Å². The average molecular weight is 349 g/mol. The number of anilines is 1. The van der Waals surface area contributed by atoms with E-state index in [9.17, 15) is 8.42 Å². The van der Waals surface area contributed by atoms with Crippen LogP contribution in [0.5, 0.6) is 0 Å². The maximum absolute atomic E-state index is 12.5. The molecule has 0 aliphatic carbocycles. The normalized spacial score (nSPS) is 11.4. The third kappa shape index (κ3) is 3.23. The van der Waals surface area contributed by atoms with Crippen LogP contribution in [0, 0.1) is 6.92 Å². The second kappa shape index (κ2) is 6.06. The minimum Gasteiger partial charge on any atom is -0.337 e. The number of hydrogen-bond donors (Lipinski definition) is 1. The molecule has 0 unspecified atom stereocenters. The van der Waals surface area contributed by atoms with Crippen LogP contribution in [-0.2, 0) is 10.0 Å². The monoisotopic (exact) mass is 348 g/mol. The lowest BCUT2D eigenvalue weighted by molar-refractivity contribution is 0.435. The molecule has 7 heteroatoms. The van der Waals surface area contributed by atoms with E-state index in [1.165, 1.54) is 18.3 Å². The van der Waals surface area contributed by atoms with Crippen molar-refractivity contribution in [1.82, 2.24) is 5.16 Å². The maximum atomic E-state index is 12.5. The highest BCUT2D eigenvalue weighted by molar-refractivity contribution is 7.92. The highest BCUT2D eigenvalue weighted by Gasteiger charge is 2.21. The van der Waals surface area contributed by atoms with E-state index in [0.717, 1.165) is 11.1 Å². The fraction of sp³-hybridized carbons (Fsp3) is 0.0625. The minimum absolute atomic E-state index is 0.0204. The Balaban J connectivity index is 1.97. The van der Waals surface area contributed by atoms with Gasteiger partial charge in [0.15, 0.2) is 0 Å². The van der Waals surface area contributed by atoms with Crippen LogP contribution in [-0.4, -0.2) is 13.6 Å². The van der Waals surface area contributed by atoms with Crippen LogP contribution in [0.15, 0.2) is 64.1 Å². The molecule has 118 valence electrons. The number of hydrogen-bond acceptors (Lipinski definition) is 4. The van der Waals surface area contributed by atoms with E-state index in [1.54, 1.807) is 12.1 Å². The predicted molar refractivity (Wildman–Crippen MR) is 88.9 cm³/mol. The van der Waals surface area contributed by atoms with Gasteiger partial charge >= 0.3 is 0 Å². The van der Waals surface area contributed by atoms with Crippen molar-refractivity contribution in [3.8, 4) is 11.1 Å². The van der Waals surface area contributed by atoms with E-state index in [2.05, 4.69) is 9.88 Å². The smallest absolute Gasteiger partial charge is 0.265 e. The van der Waals surface area contributed by atoms with Crippen LogP contribution < -0.4 is 4.72 Å². The van der Waals surface area contributed by atoms with Crippen molar-refractivity contribution in [3.63, 3.8) is 0 Å². The summed E-state index contributed by atoms with van der Waals surface area (Å²) in [5.41, 5.74) is 2.46. The number of rotatable bonds is 4. The molecule has 0 aliphatic rings. The van der Waals surface area contributed by atoms with Crippen LogP contribution in [0.1, 0.15) is 5.56 Å². The van der Waals surface area contributed by atoms with Crippen molar-refractivity contribution in [2.45, 2.75) is 11.8 Å². The van der Waals surface area contributed by atoms with Gasteiger partial charge in [-0.1, -0.05) is 58.7 Å². The van der Waals surface area contributed by atoms with Gasteiger partial charge in [0, 0.05) is 0 Å². The number of sulfonamides is 1. The van der Waals surface area contributed by atoms with Crippen LogP contribution >= 0.6 is 11.6 Å². The standard InChI is InChI=1S/C16H13ClN2O3S/c1-11-6-8-12(9-7-11)13-10-18-22-16(13)19-23(20,21)15-5-3-2-4-14(15)17/h2-10,19H,1H3. The van der Waals surface area contributed by atoms with Gasteiger partial charge in [-0.2, -0.15) is 0 Å². The molecule has 0 saturated heterocycles. The first-order valence-electron chi connectivity index (χ1n) is 6.76. The fourth-order valence-electron chi connectivity index (χ4n) is 2.09. The Morgan fingerprint density at radius 2 is 1.78 bits per heavy atom. The molecule has 23 heavy (non-hydrogen) atoms. The van der Waals surface area contributed by atoms with Gasteiger partial charge in [-0.25, -0.2) is 13.1 Å². The maximum Gasteiger partial charge on any atom is 0.265 e. The molecular weight excluding hydrogens is 336 g/mol. The fourth-order valence-corrected chi connectivity index (χ4v) is 3.62. The highest BCUT2D eigenvalue weighted by Crippen LogP contribution is 2.31. The zero-order valence-corrected chi connectivity index (χ0v) is 13.7. The van der Waals surface area contributed by atoms with Gasteiger partial charge in [-0.3, -0.25) is 0 Å². The Morgan fingerprint density at radius 1 is 1.09 bits per heavy atom. The second-order valence-corrected chi connectivity index (χ2v) is 7.03. The summed E-state index contributed by atoms with van der Waals surface area (Å²) in [5, 5.41) is 3.82. The number of halogens is 1. The van der Waals surface area contributed by atoms with Gasteiger partial charge in [0.25, 0.3) is 10.0 Å². The number of aryl methyl sites for hydroxylation is 1. The molecule has 0 atom stereocenters. The molecule has 2 aromatic carbocycles. The molecule has 1 aromatic heterocycles. The Bertz CT molecular complexity index is 934. The first kappa shape index (κ1) is 15.6. The predicted octanol–water partition coefficient (Wildman–Crippen LogP) is 4.10. The zero-order valence-electron chi connectivity index (χ0n) is 12.2. The molecule has 1 heterocycles. The molecule has 0 bridgehead atoms. The Labute approximate surface area is 138 Å². The van der Waals surface area contributed by atoms with Gasteiger partial charge in [0.05, 0.1) is 16.8 Å². The molecule has 3 aromatic rings. The summed E-state index contributed by atoms with van der Waals surface area (Å²) < 4.78 is 32.4. The Hall–Kier alpha value is -2.31. The van der Waals surface area contributed by atoms with Crippen molar-refractivity contribution >= 4 is 27.5 Å². The first-order valence-corrected chi connectivity index (χ1v) is 8.62. The van der Waals surface area contributed by atoms with Gasteiger partial charge in [-0.05, 0) is 24.6 Å². The quantitative estimate of drug-likeness (QED) is 0.770. The third-order valence-electron chi connectivity index (χ3n) is 3.29. The number of nitrogens with zero attached hydrogens (tertiary/aromatic N) is 1. The molecule has 0 spiro atoms. The number of nitrogens with one attached hydrogen (secondary N) is 1. The van der Waals surface area contributed by atoms with Crippen LogP contribution in [0.25, 0.3) is 11.1 Å². The Morgan fingerprint density at radius 3 is 2.48 bits per heavy atom. The summed E-state index contributed by atoms with van der Waals surface area (Å²) in [6, 6.07) is 13.8. The van der Waals surface area contributed by atoms with Crippen LogP contribution in [0.3, 0.4) is 0 Å². The average Bonchev–Trinajstić information content (AvgIpc) is 2.95. The second-order valence-electron chi connectivity index (χ2n) is 4.97. The molecule has 3 rings (SSSR count). The van der Waals surface area contributed by atoms with Crippen LogP contribution in [0.2, 0.25) is 5.02 Å². The Kier molecular flexibility index (Phi) is 4.11. The molecule has 5 nitrogen and oxygen atoms in total. The molecule has 0 radical (unpaired) electrons. The van der Waals surface area contributed by atoms with E-state index in [4.69, 9.17) is 16.1 Å². The number of benzene rings is 2. The lowest BCUT2D eigenvalue weighted by Crippen LogP contribution is -2.13. The van der Waals surface area contributed by atoms with Gasteiger partial charge < -0.3 is 4.52 Å². The molecule has 1 N–H and O–H groups in total. The van der Waals surface area contributed by atoms with Gasteiger partial charge in [0.1, 0.15) is 4.90 Å². The molecule has 0 aliphatic heterocycles.